The maximum absolute atomic E-state index is 13.6. The number of benzene rings is 1. The molecular formula is C22H21F3N4O3. The van der Waals surface area contributed by atoms with Gasteiger partial charge in [0.05, 0.1) is 31.0 Å². The number of halogens is 3. The minimum absolute atomic E-state index is 0.0467. The first-order chi connectivity index (χ1) is 15.2. The van der Waals surface area contributed by atoms with Crippen LogP contribution in [0.4, 0.5) is 13.2 Å². The van der Waals surface area contributed by atoms with Gasteiger partial charge in [-0.05, 0) is 42.3 Å². The molecule has 0 saturated carbocycles. The molecule has 32 heavy (non-hydrogen) atoms. The van der Waals surface area contributed by atoms with Gasteiger partial charge in [0.25, 0.3) is 5.91 Å². The Kier molecular flexibility index (Phi) is 5.64. The first kappa shape index (κ1) is 21.8. The number of hydrogen-bond acceptors (Lipinski definition) is 5. The molecule has 1 aromatic carbocycles. The summed E-state index contributed by atoms with van der Waals surface area (Å²) >= 11 is 0. The van der Waals surface area contributed by atoms with Gasteiger partial charge >= 0.3 is 6.18 Å². The average molecular weight is 446 g/mol. The first-order valence-electron chi connectivity index (χ1n) is 9.90. The number of rotatable bonds is 4. The molecule has 0 fully saturated rings. The minimum atomic E-state index is -4.70. The number of fused-ring (bicyclic) bond motifs is 1. The summed E-state index contributed by atoms with van der Waals surface area (Å²) in [5.41, 5.74) is 0.835. The molecule has 0 aliphatic carbocycles. The second-order valence-corrected chi connectivity index (χ2v) is 7.64. The number of aliphatic hydroxyl groups is 1. The van der Waals surface area contributed by atoms with Gasteiger partial charge in [-0.25, -0.2) is 0 Å². The third-order valence-electron chi connectivity index (χ3n) is 5.17. The zero-order chi connectivity index (χ0) is 23.0. The summed E-state index contributed by atoms with van der Waals surface area (Å²) in [6, 6.07) is 6.56. The van der Waals surface area contributed by atoms with Crippen molar-refractivity contribution in [1.29, 1.82) is 0 Å². The van der Waals surface area contributed by atoms with Crippen LogP contribution in [0.1, 0.15) is 32.9 Å². The van der Waals surface area contributed by atoms with Crippen molar-refractivity contribution < 1.29 is 27.8 Å². The van der Waals surface area contributed by atoms with Crippen molar-refractivity contribution in [2.75, 3.05) is 13.2 Å². The van der Waals surface area contributed by atoms with E-state index in [0.717, 1.165) is 10.2 Å². The molecule has 3 heterocycles. The molecule has 0 unspecified atom stereocenters. The lowest BCUT2D eigenvalue weighted by atomic mass is 9.97. The molecule has 1 amide bonds. The fourth-order valence-electron chi connectivity index (χ4n) is 3.75. The van der Waals surface area contributed by atoms with Crippen LogP contribution in [-0.2, 0) is 26.4 Å². The predicted octanol–water partition coefficient (Wildman–Crippen LogP) is 3.34. The Morgan fingerprint density at radius 3 is 2.62 bits per heavy atom. The molecule has 7 nitrogen and oxygen atoms in total. The minimum Gasteiger partial charge on any atom is -0.490 e. The van der Waals surface area contributed by atoms with Gasteiger partial charge in [-0.2, -0.15) is 18.3 Å². The summed E-state index contributed by atoms with van der Waals surface area (Å²) < 4.78 is 47.7. The Hall–Kier alpha value is -3.40. The molecule has 3 aromatic rings. The van der Waals surface area contributed by atoms with Gasteiger partial charge < -0.3 is 14.7 Å². The van der Waals surface area contributed by atoms with Crippen LogP contribution in [0.15, 0.2) is 36.7 Å². The van der Waals surface area contributed by atoms with Crippen molar-refractivity contribution in [2.24, 2.45) is 7.05 Å². The highest BCUT2D eigenvalue weighted by Crippen LogP contribution is 2.42. The number of carbonyl (C=O) groups is 1. The lowest BCUT2D eigenvalue weighted by molar-refractivity contribution is -0.140. The van der Waals surface area contributed by atoms with Gasteiger partial charge in [-0.3, -0.25) is 14.5 Å². The van der Waals surface area contributed by atoms with Crippen molar-refractivity contribution in [2.45, 2.75) is 26.3 Å². The van der Waals surface area contributed by atoms with Crippen molar-refractivity contribution in [1.82, 2.24) is 19.7 Å². The molecule has 4 rings (SSSR count). The number of aliphatic hydroxyl groups excluding tert-OH is 1. The van der Waals surface area contributed by atoms with E-state index in [1.54, 1.807) is 6.20 Å². The predicted molar refractivity (Wildman–Crippen MR) is 109 cm³/mol. The Balaban J connectivity index is 1.81. The van der Waals surface area contributed by atoms with Crippen LogP contribution in [0.5, 0.6) is 5.75 Å². The summed E-state index contributed by atoms with van der Waals surface area (Å²) in [6.45, 7) is 2.02. The van der Waals surface area contributed by atoms with Gasteiger partial charge in [-0.1, -0.05) is 0 Å². The monoisotopic (exact) mass is 446 g/mol. The molecule has 0 radical (unpaired) electrons. The zero-order valence-electron chi connectivity index (χ0n) is 17.5. The molecule has 1 N–H and O–H groups in total. The largest absolute Gasteiger partial charge is 0.490 e. The van der Waals surface area contributed by atoms with Crippen LogP contribution in [0.25, 0.3) is 11.1 Å². The SMILES string of the molecule is Cc1ccnc(CN2CCOc3c(cc(CO)cc3-c3cn(C)nc3C(F)(F)F)C2=O)c1. The summed E-state index contributed by atoms with van der Waals surface area (Å²) in [7, 11) is 1.38. The highest BCUT2D eigenvalue weighted by atomic mass is 19.4. The van der Waals surface area contributed by atoms with Crippen LogP contribution in [-0.4, -0.2) is 43.8 Å². The van der Waals surface area contributed by atoms with Gasteiger partial charge in [-0.15, -0.1) is 0 Å². The van der Waals surface area contributed by atoms with Gasteiger partial charge in [0.1, 0.15) is 12.4 Å². The first-order valence-corrected chi connectivity index (χ1v) is 9.90. The lowest BCUT2D eigenvalue weighted by Crippen LogP contribution is -2.32. The lowest BCUT2D eigenvalue weighted by Gasteiger charge is -2.20. The topological polar surface area (TPSA) is 80.5 Å². The van der Waals surface area contributed by atoms with Crippen LogP contribution in [0.2, 0.25) is 0 Å². The molecule has 10 heteroatoms. The second-order valence-electron chi connectivity index (χ2n) is 7.64. The molecule has 2 aromatic heterocycles. The molecule has 0 bridgehead atoms. The van der Waals surface area contributed by atoms with E-state index in [2.05, 4.69) is 10.1 Å². The number of alkyl halides is 3. The fraction of sp³-hybridized carbons (Fsp3) is 0.318. The summed E-state index contributed by atoms with van der Waals surface area (Å²) in [5.74, 6) is -0.361. The maximum atomic E-state index is 13.6. The number of nitrogens with zero attached hydrogens (tertiary/aromatic N) is 4. The maximum Gasteiger partial charge on any atom is 0.435 e. The van der Waals surface area contributed by atoms with E-state index in [-0.39, 0.29) is 42.1 Å². The van der Waals surface area contributed by atoms with Crippen LogP contribution in [0.3, 0.4) is 0 Å². The molecule has 0 atom stereocenters. The number of carbonyl (C=O) groups excluding carboxylic acids is 1. The van der Waals surface area contributed by atoms with Crippen LogP contribution in [0, 0.1) is 6.92 Å². The third kappa shape index (κ3) is 4.18. The third-order valence-corrected chi connectivity index (χ3v) is 5.17. The smallest absolute Gasteiger partial charge is 0.435 e. The Morgan fingerprint density at radius 2 is 1.94 bits per heavy atom. The molecule has 1 aliphatic rings. The number of amides is 1. The Morgan fingerprint density at radius 1 is 1.19 bits per heavy atom. The van der Waals surface area contributed by atoms with E-state index in [9.17, 15) is 23.1 Å². The van der Waals surface area contributed by atoms with Crippen molar-refractivity contribution >= 4 is 5.91 Å². The normalized spacial score (nSPS) is 14.2. The average Bonchev–Trinajstić information content (AvgIpc) is 3.07. The quantitative estimate of drug-likeness (QED) is 0.665. The molecule has 168 valence electrons. The van der Waals surface area contributed by atoms with E-state index in [1.165, 1.54) is 30.3 Å². The number of aryl methyl sites for hydroxylation is 2. The molecule has 0 saturated heterocycles. The van der Waals surface area contributed by atoms with Gasteiger partial charge in [0.2, 0.25) is 0 Å². The number of pyridine rings is 1. The van der Waals surface area contributed by atoms with Crippen LogP contribution < -0.4 is 4.74 Å². The zero-order valence-corrected chi connectivity index (χ0v) is 17.5. The second kappa shape index (κ2) is 8.27. The van der Waals surface area contributed by atoms with Crippen LogP contribution >= 0.6 is 0 Å². The summed E-state index contributed by atoms with van der Waals surface area (Å²) in [6.07, 6.45) is -1.82. The highest BCUT2D eigenvalue weighted by Gasteiger charge is 2.39. The number of aromatic nitrogens is 3. The Labute approximate surface area is 182 Å². The van der Waals surface area contributed by atoms with E-state index in [4.69, 9.17) is 4.74 Å². The summed E-state index contributed by atoms with van der Waals surface area (Å²) in [5, 5.41) is 13.3. The molecule has 1 aliphatic heterocycles. The van der Waals surface area contributed by atoms with Crippen molar-refractivity contribution in [3.8, 4) is 16.9 Å². The van der Waals surface area contributed by atoms with Gasteiger partial charge in [0, 0.05) is 30.6 Å². The Bertz CT molecular complexity index is 1170. The summed E-state index contributed by atoms with van der Waals surface area (Å²) in [4.78, 5) is 19.2. The number of hydrogen-bond donors (Lipinski definition) is 1. The van der Waals surface area contributed by atoms with E-state index in [1.807, 2.05) is 19.1 Å². The fourth-order valence-corrected chi connectivity index (χ4v) is 3.75. The van der Waals surface area contributed by atoms with E-state index in [0.29, 0.717) is 11.3 Å². The molecular weight excluding hydrogens is 425 g/mol. The number of ether oxygens (including phenoxy) is 1. The standard InChI is InChI=1S/C22H21F3N4O3/c1-13-3-4-26-15(7-13)10-29-5-6-32-19-16(8-14(12-30)9-17(19)21(29)31)18-11-28(2)27-20(18)22(23,24)25/h3-4,7-9,11,30H,5-6,10,12H2,1-2H3. The van der Waals surface area contributed by atoms with Crippen molar-refractivity contribution in [3.63, 3.8) is 0 Å². The highest BCUT2D eigenvalue weighted by molar-refractivity contribution is 6.00. The van der Waals surface area contributed by atoms with Crippen molar-refractivity contribution in [3.05, 3.63) is 64.7 Å². The van der Waals surface area contributed by atoms with E-state index < -0.39 is 24.4 Å². The van der Waals surface area contributed by atoms with E-state index >= 15 is 0 Å². The molecule has 0 spiro atoms. The van der Waals surface area contributed by atoms with Gasteiger partial charge in [0.15, 0.2) is 5.69 Å².